The normalized spacial score (nSPS) is 12.1. The van der Waals surface area contributed by atoms with Crippen LogP contribution in [0.25, 0.3) is 0 Å². The first-order chi connectivity index (χ1) is 10.5. The van der Waals surface area contributed by atoms with Gasteiger partial charge in [0, 0.05) is 11.1 Å². The molecule has 2 rings (SSSR count). The van der Waals surface area contributed by atoms with Gasteiger partial charge < -0.3 is 0 Å². The van der Waals surface area contributed by atoms with E-state index in [1.54, 1.807) is 0 Å². The smallest absolute Gasteiger partial charge is 0.192 e. The highest BCUT2D eigenvalue weighted by molar-refractivity contribution is 7.59. The predicted octanol–water partition coefficient (Wildman–Crippen LogP) is 4.37. The molecule has 0 atom stereocenters. The highest BCUT2D eigenvalue weighted by atomic mass is 31.2. The Bertz CT molecular complexity index is 641. The standard InChI is InChI=1S/C19H26O3P/c1-11-7-13(3)17(14(4)8-11)19(23(20,21)22)18-15(5)9-12(2)10-16(18)6/h7-10,19-22H,1-6H3/q+1. The molecule has 0 aliphatic heterocycles. The first kappa shape index (κ1) is 18.1. The molecule has 3 N–H and O–H groups in total. The molecule has 0 saturated heterocycles. The molecule has 0 aliphatic rings. The largest absolute Gasteiger partial charge is 0.416 e. The summed E-state index contributed by atoms with van der Waals surface area (Å²) in [5.41, 5.74) is 6.93. The van der Waals surface area contributed by atoms with E-state index in [9.17, 15) is 14.7 Å². The van der Waals surface area contributed by atoms with Gasteiger partial charge in [-0.25, -0.2) is 0 Å². The second kappa shape index (κ2) is 6.33. The average Bonchev–Trinajstić information content (AvgIpc) is 2.33. The Kier molecular flexibility index (Phi) is 4.98. The van der Waals surface area contributed by atoms with Crippen LogP contribution in [0.2, 0.25) is 0 Å². The summed E-state index contributed by atoms with van der Waals surface area (Å²) in [4.78, 5) is 30.7. The van der Waals surface area contributed by atoms with Crippen molar-refractivity contribution in [1.29, 1.82) is 0 Å². The summed E-state index contributed by atoms with van der Waals surface area (Å²) in [5.74, 6) is 0. The van der Waals surface area contributed by atoms with Crippen molar-refractivity contribution in [2.75, 3.05) is 0 Å². The molecule has 0 aliphatic carbocycles. The molecule has 4 heteroatoms. The maximum absolute atomic E-state index is 10.2. The zero-order valence-corrected chi connectivity index (χ0v) is 15.6. The van der Waals surface area contributed by atoms with Gasteiger partial charge in [0.25, 0.3) is 0 Å². The number of hydrogen-bond donors (Lipinski definition) is 3. The van der Waals surface area contributed by atoms with E-state index >= 15 is 0 Å². The van der Waals surface area contributed by atoms with Gasteiger partial charge in [-0.05, 0) is 63.8 Å². The Morgan fingerprint density at radius 1 is 0.609 bits per heavy atom. The molecule has 3 nitrogen and oxygen atoms in total. The molecule has 2 aromatic carbocycles. The maximum Gasteiger partial charge on any atom is 0.416 e. The molecule has 2 aromatic rings. The van der Waals surface area contributed by atoms with E-state index in [1.807, 2.05) is 65.8 Å². The fourth-order valence-electron chi connectivity index (χ4n) is 3.74. The third kappa shape index (κ3) is 3.64. The molecule has 0 radical (unpaired) electrons. The zero-order chi connectivity index (χ0) is 17.5. The topological polar surface area (TPSA) is 60.7 Å². The first-order valence-electron chi connectivity index (χ1n) is 7.74. The minimum absolute atomic E-state index is 0.802. The van der Waals surface area contributed by atoms with Crippen molar-refractivity contribution in [2.24, 2.45) is 0 Å². The van der Waals surface area contributed by atoms with E-state index in [0.29, 0.717) is 0 Å². The second-order valence-corrected chi connectivity index (χ2v) is 8.39. The Labute approximate surface area is 139 Å². The van der Waals surface area contributed by atoms with Crippen LogP contribution in [-0.4, -0.2) is 14.7 Å². The highest BCUT2D eigenvalue weighted by Gasteiger charge is 2.47. The van der Waals surface area contributed by atoms with Crippen molar-refractivity contribution >= 4 is 7.94 Å². The van der Waals surface area contributed by atoms with Crippen LogP contribution in [0, 0.1) is 41.5 Å². The van der Waals surface area contributed by atoms with Gasteiger partial charge in [0.05, 0.1) is 0 Å². The lowest BCUT2D eigenvalue weighted by Gasteiger charge is -2.25. The highest BCUT2D eigenvalue weighted by Crippen LogP contribution is 2.64. The molecule has 0 aromatic heterocycles. The van der Waals surface area contributed by atoms with Crippen LogP contribution in [0.1, 0.15) is 50.2 Å². The Hall–Kier alpha value is -1.25. The third-order valence-corrected chi connectivity index (χ3v) is 5.58. The van der Waals surface area contributed by atoms with Crippen molar-refractivity contribution in [2.45, 2.75) is 47.2 Å². The van der Waals surface area contributed by atoms with Crippen LogP contribution >= 0.6 is 7.94 Å². The Balaban J connectivity index is 2.81. The fourth-order valence-corrected chi connectivity index (χ4v) is 5.24. The molecule has 0 amide bonds. The molecule has 23 heavy (non-hydrogen) atoms. The zero-order valence-electron chi connectivity index (χ0n) is 14.7. The summed E-state index contributed by atoms with van der Waals surface area (Å²) in [5, 5.41) is 0. The first-order valence-corrected chi connectivity index (χ1v) is 9.46. The molecule has 0 saturated carbocycles. The van der Waals surface area contributed by atoms with Crippen molar-refractivity contribution in [3.05, 3.63) is 68.8 Å². The van der Waals surface area contributed by atoms with E-state index in [4.69, 9.17) is 0 Å². The molecular weight excluding hydrogens is 307 g/mol. The van der Waals surface area contributed by atoms with Crippen LogP contribution in [0.4, 0.5) is 0 Å². The average molecular weight is 333 g/mol. The minimum atomic E-state index is -4.11. The molecule has 124 valence electrons. The van der Waals surface area contributed by atoms with Crippen molar-refractivity contribution < 1.29 is 14.7 Å². The second-order valence-electron chi connectivity index (χ2n) is 6.64. The predicted molar refractivity (Wildman–Crippen MR) is 96.7 cm³/mol. The number of aryl methyl sites for hydroxylation is 6. The summed E-state index contributed by atoms with van der Waals surface area (Å²) < 4.78 is 0. The SMILES string of the molecule is Cc1cc(C)c(C(c2c(C)cc(C)cc2C)[P+](O)(O)O)c(C)c1. The lowest BCUT2D eigenvalue weighted by atomic mass is 9.89. The van der Waals surface area contributed by atoms with Crippen LogP contribution in [0.3, 0.4) is 0 Å². The molecule has 0 spiro atoms. The van der Waals surface area contributed by atoms with Gasteiger partial charge >= 0.3 is 7.94 Å². The lowest BCUT2D eigenvalue weighted by Crippen LogP contribution is -2.13. The molecule has 0 bridgehead atoms. The van der Waals surface area contributed by atoms with Gasteiger partial charge in [0.2, 0.25) is 5.66 Å². The minimum Gasteiger partial charge on any atom is -0.192 e. The summed E-state index contributed by atoms with van der Waals surface area (Å²) in [7, 11) is -4.11. The summed E-state index contributed by atoms with van der Waals surface area (Å²) in [6.45, 7) is 11.8. The Morgan fingerprint density at radius 2 is 0.870 bits per heavy atom. The molecule has 0 fully saturated rings. The summed E-state index contributed by atoms with van der Waals surface area (Å²) >= 11 is 0. The van der Waals surface area contributed by atoms with Crippen LogP contribution < -0.4 is 0 Å². The van der Waals surface area contributed by atoms with Crippen LogP contribution in [0.15, 0.2) is 24.3 Å². The summed E-state index contributed by atoms with van der Waals surface area (Å²) in [6, 6.07) is 8.07. The maximum atomic E-state index is 10.2. The third-order valence-electron chi connectivity index (χ3n) is 4.37. The van der Waals surface area contributed by atoms with E-state index in [-0.39, 0.29) is 0 Å². The van der Waals surface area contributed by atoms with Crippen molar-refractivity contribution in [3.63, 3.8) is 0 Å². The van der Waals surface area contributed by atoms with Crippen molar-refractivity contribution in [3.8, 4) is 0 Å². The lowest BCUT2D eigenvalue weighted by molar-refractivity contribution is 0.321. The van der Waals surface area contributed by atoms with E-state index in [1.165, 1.54) is 0 Å². The van der Waals surface area contributed by atoms with E-state index in [0.717, 1.165) is 44.5 Å². The molecule has 0 heterocycles. The Morgan fingerprint density at radius 3 is 1.09 bits per heavy atom. The van der Waals surface area contributed by atoms with Gasteiger partial charge in [0.15, 0.2) is 0 Å². The molecular formula is C19H26O3P+. The summed E-state index contributed by atoms with van der Waals surface area (Å²) in [6.07, 6.45) is 0. The fraction of sp³-hybridized carbons (Fsp3) is 0.368. The van der Waals surface area contributed by atoms with Crippen LogP contribution in [0.5, 0.6) is 0 Å². The number of hydrogen-bond acceptors (Lipinski definition) is 3. The van der Waals surface area contributed by atoms with Crippen molar-refractivity contribution in [1.82, 2.24) is 0 Å². The monoisotopic (exact) mass is 333 g/mol. The van der Waals surface area contributed by atoms with Gasteiger partial charge in [-0.3, -0.25) is 0 Å². The number of benzene rings is 2. The van der Waals surface area contributed by atoms with E-state index in [2.05, 4.69) is 0 Å². The van der Waals surface area contributed by atoms with Gasteiger partial charge in [-0.2, -0.15) is 14.7 Å². The molecule has 0 unspecified atom stereocenters. The van der Waals surface area contributed by atoms with E-state index < -0.39 is 13.6 Å². The van der Waals surface area contributed by atoms with Gasteiger partial charge in [-0.15, -0.1) is 0 Å². The van der Waals surface area contributed by atoms with Gasteiger partial charge in [-0.1, -0.05) is 35.4 Å². The number of rotatable bonds is 3. The van der Waals surface area contributed by atoms with Gasteiger partial charge in [0.1, 0.15) is 0 Å². The van der Waals surface area contributed by atoms with Crippen LogP contribution in [-0.2, 0) is 0 Å². The quantitative estimate of drug-likeness (QED) is 0.731.